The third kappa shape index (κ3) is 4.09. The Balaban J connectivity index is 0.000000112. The van der Waals surface area contributed by atoms with E-state index in [0.29, 0.717) is 0 Å². The summed E-state index contributed by atoms with van der Waals surface area (Å²) in [5.41, 5.74) is 0. The Morgan fingerprint density at radius 2 is 1.91 bits per heavy atom. The number of hydrogen-bond donors (Lipinski definition) is 1. The van der Waals surface area contributed by atoms with Gasteiger partial charge in [0.2, 0.25) is 0 Å². The van der Waals surface area contributed by atoms with Gasteiger partial charge in [-0.05, 0) is 0 Å². The number of nitrogens with zero attached hydrogens (tertiary/aromatic N) is 1. The fraction of sp³-hybridized carbons (Fsp3) is 0. The summed E-state index contributed by atoms with van der Waals surface area (Å²) < 4.78 is 0. The molecule has 11 heavy (non-hydrogen) atoms. The second-order valence-electron chi connectivity index (χ2n) is 1.92. The summed E-state index contributed by atoms with van der Waals surface area (Å²) in [4.78, 5) is 6.42. The predicted molar refractivity (Wildman–Crippen MR) is 46.4 cm³/mol. The fourth-order valence-electron chi connectivity index (χ4n) is 0.600. The summed E-state index contributed by atoms with van der Waals surface area (Å²) in [5.74, 6) is 4.00. The molecule has 0 bridgehead atoms. The third-order valence-electron chi connectivity index (χ3n) is 1.07. The summed E-state index contributed by atoms with van der Waals surface area (Å²) in [7, 11) is 0. The molecule has 0 spiro atoms. The van der Waals surface area contributed by atoms with Gasteiger partial charge >= 0.3 is 37.0 Å². The summed E-state index contributed by atoms with van der Waals surface area (Å²) >= 11 is 0. The molecule has 2 heterocycles. The topological polar surface area (TPSA) is 28.7 Å². The minimum atomic E-state index is 1.62. The van der Waals surface area contributed by atoms with Crippen LogP contribution in [0.25, 0.3) is 0 Å². The van der Waals surface area contributed by atoms with Crippen molar-refractivity contribution in [2.24, 2.45) is 0 Å². The van der Waals surface area contributed by atoms with Crippen LogP contribution in [0.15, 0.2) is 48.8 Å². The molecule has 2 aromatic rings. The molecular weight excluding hydrogens is 135 g/mol. The van der Waals surface area contributed by atoms with E-state index in [4.69, 9.17) is 0 Å². The molecule has 3 heteroatoms. The van der Waals surface area contributed by atoms with Crippen molar-refractivity contribution in [3.05, 3.63) is 48.8 Å². The van der Waals surface area contributed by atoms with Gasteiger partial charge in [0.25, 0.3) is 0 Å². The van der Waals surface area contributed by atoms with E-state index < -0.39 is 0 Å². The van der Waals surface area contributed by atoms with Crippen LogP contribution in [-0.4, -0.2) is 16.9 Å². The third-order valence-corrected chi connectivity index (χ3v) is 1.07. The van der Waals surface area contributed by atoms with Gasteiger partial charge in [0, 0.05) is 12.4 Å². The number of aromatic amines is 1. The first-order valence-corrected chi connectivity index (χ1v) is 3.43. The fourth-order valence-corrected chi connectivity index (χ4v) is 0.600. The Morgan fingerprint density at radius 1 is 1.09 bits per heavy atom. The van der Waals surface area contributed by atoms with Gasteiger partial charge in [-0.1, -0.05) is 0 Å². The Bertz CT molecular complexity index is 198. The maximum Gasteiger partial charge on any atom is 0.0919 e. The van der Waals surface area contributed by atoms with E-state index >= 15 is 0 Å². The first kappa shape index (κ1) is 7.73. The van der Waals surface area contributed by atoms with Crippen molar-refractivity contribution in [2.45, 2.75) is 0 Å². The second kappa shape index (κ2) is 5.41. The number of aromatic nitrogens is 2. The Labute approximate surface area is 66.5 Å². The molecule has 54 valence electrons. The molecule has 0 aliphatic rings. The predicted octanol–water partition coefficient (Wildman–Crippen LogP) is 1.43. The van der Waals surface area contributed by atoms with Gasteiger partial charge in [-0.15, -0.1) is 0 Å². The molecule has 2 rings (SSSR count). The van der Waals surface area contributed by atoms with E-state index in [9.17, 15) is 0 Å². The molecule has 0 saturated heterocycles. The first-order valence-electron chi connectivity index (χ1n) is 3.43. The zero-order valence-corrected chi connectivity index (χ0v) is 6.14. The second-order valence-corrected chi connectivity index (χ2v) is 1.92. The van der Waals surface area contributed by atoms with Crippen LogP contribution < -0.4 is 0 Å². The Hall–Kier alpha value is -1.38. The molecule has 0 fully saturated rings. The van der Waals surface area contributed by atoms with Gasteiger partial charge in [-0.2, -0.15) is 0 Å². The number of rotatable bonds is 0. The quantitative estimate of drug-likeness (QED) is 0.595. The molecule has 2 aromatic heterocycles. The molecule has 0 atom stereocenters. The van der Waals surface area contributed by atoms with Crippen LogP contribution in [0.5, 0.6) is 0 Å². The normalized spacial score (nSPS) is 7.64. The maximum atomic E-state index is 3.67. The minimum absolute atomic E-state index is 1.62. The van der Waals surface area contributed by atoms with E-state index in [-0.39, 0.29) is 0 Å². The molecule has 1 N–H and O–H groups in total. The van der Waals surface area contributed by atoms with Crippen LogP contribution >= 0.6 is 0 Å². The molecule has 0 unspecified atom stereocenters. The van der Waals surface area contributed by atoms with Crippen molar-refractivity contribution in [3.63, 3.8) is 0 Å². The molecule has 0 amide bonds. The van der Waals surface area contributed by atoms with E-state index in [2.05, 4.69) is 9.97 Å². The van der Waals surface area contributed by atoms with Crippen molar-refractivity contribution in [3.8, 4) is 0 Å². The van der Waals surface area contributed by atoms with Crippen molar-refractivity contribution in [1.82, 2.24) is 9.97 Å². The molecule has 2 nitrogen and oxygen atoms in total. The van der Waals surface area contributed by atoms with E-state index in [1.165, 1.54) is 0 Å². The average Bonchev–Trinajstić information content (AvgIpc) is 2.64. The van der Waals surface area contributed by atoms with Crippen LogP contribution in [0.1, 0.15) is 0 Å². The average molecular weight is 144 g/mol. The van der Waals surface area contributed by atoms with Crippen molar-refractivity contribution in [1.29, 1.82) is 0 Å². The van der Waals surface area contributed by atoms with Crippen molar-refractivity contribution < 1.29 is 0 Å². The van der Waals surface area contributed by atoms with E-state index in [1.807, 2.05) is 37.0 Å². The van der Waals surface area contributed by atoms with Crippen LogP contribution in [0.2, 0.25) is 0 Å². The summed E-state index contributed by atoms with van der Waals surface area (Å²) in [5, 5.41) is 0. The molecule has 0 aliphatic carbocycles. The molecule has 0 aliphatic heterocycles. The molecule has 0 saturated carbocycles. The monoisotopic (exact) mass is 144 g/mol. The SMILES string of the molecule is b1ccccc1.c1c[nH]cn1. The van der Waals surface area contributed by atoms with E-state index in [0.717, 1.165) is 0 Å². The number of H-pyrrole nitrogens is 1. The van der Waals surface area contributed by atoms with Gasteiger partial charge < -0.3 is 4.98 Å². The van der Waals surface area contributed by atoms with E-state index in [1.54, 1.807) is 18.7 Å². The van der Waals surface area contributed by atoms with Crippen LogP contribution in [0.4, 0.5) is 0 Å². The van der Waals surface area contributed by atoms with Crippen LogP contribution in [-0.2, 0) is 0 Å². The van der Waals surface area contributed by atoms with Gasteiger partial charge in [-0.25, -0.2) is 4.98 Å². The number of hydrogen-bond acceptors (Lipinski definition) is 1. The van der Waals surface area contributed by atoms with Gasteiger partial charge in [-0.3, -0.25) is 0 Å². The summed E-state index contributed by atoms with van der Waals surface area (Å²) in [6.07, 6.45) is 5.08. The summed E-state index contributed by atoms with van der Waals surface area (Å²) in [6, 6.07) is 6.00. The number of nitrogens with one attached hydrogen (secondary N) is 1. The first-order chi connectivity index (χ1) is 5.50. The largest absolute Gasteiger partial charge is 0.351 e. The van der Waals surface area contributed by atoms with Crippen molar-refractivity contribution in [2.75, 3.05) is 0 Å². The van der Waals surface area contributed by atoms with Crippen LogP contribution in [0, 0.1) is 0 Å². The molecule has 0 radical (unpaired) electrons. The zero-order chi connectivity index (χ0) is 7.78. The Kier molecular flexibility index (Phi) is 3.80. The standard InChI is InChI=1S/C5H5B.C3H4N2/c1-2-4-6-5-3-1;1-2-5-3-4-1/h1-5H;1-3H,(H,4,5). The van der Waals surface area contributed by atoms with Crippen molar-refractivity contribution >= 4 is 6.91 Å². The molecular formula is C8H9BN2. The molecule has 0 aromatic carbocycles. The van der Waals surface area contributed by atoms with Gasteiger partial charge in [0.1, 0.15) is 0 Å². The summed E-state index contributed by atoms with van der Waals surface area (Å²) in [6.45, 7) is 2.00. The minimum Gasteiger partial charge on any atom is -0.351 e. The number of imidazole rings is 1. The smallest absolute Gasteiger partial charge is 0.0919 e. The van der Waals surface area contributed by atoms with Gasteiger partial charge in [0.05, 0.1) is 6.33 Å². The zero-order valence-electron chi connectivity index (χ0n) is 6.14. The van der Waals surface area contributed by atoms with Crippen LogP contribution in [0.3, 0.4) is 0 Å². The van der Waals surface area contributed by atoms with Gasteiger partial charge in [0.15, 0.2) is 0 Å². The Morgan fingerprint density at radius 3 is 2.09 bits per heavy atom. The maximum absolute atomic E-state index is 3.67.